The number of ether oxygens (including phenoxy) is 1. The number of halogens is 2. The molecule has 2 aliphatic rings. The summed E-state index contributed by atoms with van der Waals surface area (Å²) in [5.74, 6) is -2.16. The van der Waals surface area contributed by atoms with Gasteiger partial charge in [-0.1, -0.05) is 30.7 Å². The fourth-order valence-electron chi connectivity index (χ4n) is 6.00. The van der Waals surface area contributed by atoms with Crippen molar-refractivity contribution in [1.82, 2.24) is 10.2 Å². The molecule has 2 amide bonds. The fourth-order valence-corrected chi connectivity index (χ4v) is 6.00. The molecule has 3 aromatic rings. The lowest BCUT2D eigenvalue weighted by Crippen LogP contribution is -2.46. The van der Waals surface area contributed by atoms with Crippen LogP contribution in [0.25, 0.3) is 11.1 Å². The fraction of sp³-hybridized carbons (Fsp3) is 0.394. The number of benzene rings is 3. The maximum absolute atomic E-state index is 15.0. The van der Waals surface area contributed by atoms with Crippen LogP contribution in [0.5, 0.6) is 0 Å². The monoisotopic (exact) mass is 576 g/mol. The zero-order valence-electron chi connectivity index (χ0n) is 24.2. The number of rotatable bonds is 7. The molecule has 0 aromatic heterocycles. The van der Waals surface area contributed by atoms with Crippen molar-refractivity contribution < 1.29 is 23.1 Å². The summed E-state index contributed by atoms with van der Waals surface area (Å²) < 4.78 is 34.0. The van der Waals surface area contributed by atoms with Gasteiger partial charge in [-0.15, -0.1) is 0 Å². The quantitative estimate of drug-likeness (QED) is 0.339. The molecule has 9 heteroatoms. The molecule has 42 heavy (non-hydrogen) atoms. The second kappa shape index (κ2) is 13.3. The van der Waals surface area contributed by atoms with Crippen LogP contribution in [0, 0.1) is 11.6 Å². The number of piperidine rings is 2. The Hall–Kier alpha value is -3.98. The first-order valence-electron chi connectivity index (χ1n) is 14.6. The Morgan fingerprint density at radius 2 is 1.64 bits per heavy atom. The molecule has 5 rings (SSSR count). The van der Waals surface area contributed by atoms with Gasteiger partial charge in [0.1, 0.15) is 17.2 Å². The predicted molar refractivity (Wildman–Crippen MR) is 161 cm³/mol. The van der Waals surface area contributed by atoms with Crippen molar-refractivity contribution in [1.29, 1.82) is 0 Å². The Labute approximate surface area is 246 Å². The Kier molecular flexibility index (Phi) is 9.37. The van der Waals surface area contributed by atoms with Crippen LogP contribution in [0.15, 0.2) is 60.7 Å². The highest BCUT2D eigenvalue weighted by Crippen LogP contribution is 2.29. The average Bonchev–Trinajstić information content (AvgIpc) is 3.03. The smallest absolute Gasteiger partial charge is 0.341 e. The van der Waals surface area contributed by atoms with Crippen LogP contribution >= 0.6 is 0 Å². The van der Waals surface area contributed by atoms with E-state index in [-0.39, 0.29) is 29.3 Å². The number of esters is 1. The number of carbonyl (C=O) groups excluding carboxylic acids is 2. The van der Waals surface area contributed by atoms with Crippen molar-refractivity contribution in [2.45, 2.75) is 44.7 Å². The zero-order chi connectivity index (χ0) is 29.6. The van der Waals surface area contributed by atoms with Crippen molar-refractivity contribution in [3.8, 4) is 11.1 Å². The van der Waals surface area contributed by atoms with Crippen LogP contribution in [0.3, 0.4) is 0 Å². The minimum atomic E-state index is -0.839. The number of hydrogen-bond acceptors (Lipinski definition) is 5. The molecule has 2 heterocycles. The summed E-state index contributed by atoms with van der Waals surface area (Å²) in [7, 11) is 2.84. The van der Waals surface area contributed by atoms with Crippen LogP contribution < -0.4 is 15.1 Å². The van der Waals surface area contributed by atoms with Crippen molar-refractivity contribution in [3.05, 3.63) is 83.4 Å². The molecule has 222 valence electrons. The Balaban J connectivity index is 1.16. The minimum Gasteiger partial charge on any atom is -0.465 e. The first-order chi connectivity index (χ1) is 20.4. The van der Waals surface area contributed by atoms with Gasteiger partial charge < -0.3 is 19.9 Å². The van der Waals surface area contributed by atoms with Gasteiger partial charge in [0.15, 0.2) is 0 Å². The predicted octanol–water partition coefficient (Wildman–Crippen LogP) is 6.22. The van der Waals surface area contributed by atoms with Crippen LogP contribution in [-0.2, 0) is 11.3 Å². The van der Waals surface area contributed by atoms with Gasteiger partial charge in [-0.05, 0) is 86.3 Å². The maximum atomic E-state index is 15.0. The highest BCUT2D eigenvalue weighted by molar-refractivity contribution is 5.97. The largest absolute Gasteiger partial charge is 0.465 e. The molecule has 0 spiro atoms. The van der Waals surface area contributed by atoms with Gasteiger partial charge in [-0.25, -0.2) is 18.4 Å². The van der Waals surface area contributed by atoms with E-state index < -0.39 is 17.6 Å². The summed E-state index contributed by atoms with van der Waals surface area (Å²) in [6.45, 7) is 4.50. The Morgan fingerprint density at radius 1 is 0.929 bits per heavy atom. The van der Waals surface area contributed by atoms with Gasteiger partial charge in [-0.3, -0.25) is 4.90 Å². The molecule has 0 unspecified atom stereocenters. The third-order valence-electron chi connectivity index (χ3n) is 8.48. The number of hydrogen-bond donors (Lipinski definition) is 1. The van der Waals surface area contributed by atoms with E-state index in [0.717, 1.165) is 37.6 Å². The molecule has 2 saturated heterocycles. The van der Waals surface area contributed by atoms with Gasteiger partial charge in [0.05, 0.1) is 7.11 Å². The molecule has 0 saturated carbocycles. The van der Waals surface area contributed by atoms with Gasteiger partial charge >= 0.3 is 12.0 Å². The SMILES string of the molecule is COC(=O)c1c(F)cccc1-c1ccc(CNC(=O)N(C)c2ccc(N3CCC(N4CCCCC4)CC3)cc2)c(F)c1. The van der Waals surface area contributed by atoms with E-state index in [9.17, 15) is 18.4 Å². The molecule has 0 radical (unpaired) electrons. The first-order valence-corrected chi connectivity index (χ1v) is 14.6. The summed E-state index contributed by atoms with van der Waals surface area (Å²) in [5.41, 5.74) is 2.45. The van der Waals surface area contributed by atoms with Crippen molar-refractivity contribution in [3.63, 3.8) is 0 Å². The molecular weight excluding hydrogens is 538 g/mol. The first kappa shape index (κ1) is 29.5. The van der Waals surface area contributed by atoms with E-state index in [0.29, 0.717) is 11.6 Å². The van der Waals surface area contributed by atoms with E-state index in [1.54, 1.807) is 13.1 Å². The number of carbonyl (C=O) groups is 2. The second-order valence-electron chi connectivity index (χ2n) is 11.0. The van der Waals surface area contributed by atoms with E-state index in [1.165, 1.54) is 74.4 Å². The number of anilines is 2. The summed E-state index contributed by atoms with van der Waals surface area (Å²) in [4.78, 5) is 31.5. The number of methoxy groups -OCH3 is 1. The number of amides is 2. The summed E-state index contributed by atoms with van der Waals surface area (Å²) in [5, 5.41) is 2.76. The Bertz CT molecular complexity index is 1400. The molecule has 3 aromatic carbocycles. The number of nitrogens with zero attached hydrogens (tertiary/aromatic N) is 3. The van der Waals surface area contributed by atoms with E-state index in [4.69, 9.17) is 4.74 Å². The molecule has 1 N–H and O–H groups in total. The van der Waals surface area contributed by atoms with Crippen LogP contribution in [-0.4, -0.2) is 63.3 Å². The van der Waals surface area contributed by atoms with Crippen LogP contribution in [0.1, 0.15) is 48.0 Å². The van der Waals surface area contributed by atoms with Crippen LogP contribution in [0.4, 0.5) is 25.0 Å². The lowest BCUT2D eigenvalue weighted by atomic mass is 9.98. The normalized spacial score (nSPS) is 16.2. The summed E-state index contributed by atoms with van der Waals surface area (Å²) >= 11 is 0. The van der Waals surface area contributed by atoms with Crippen molar-refractivity contribution in [2.75, 3.05) is 50.1 Å². The van der Waals surface area contributed by atoms with E-state index in [2.05, 4.69) is 15.1 Å². The highest BCUT2D eigenvalue weighted by Gasteiger charge is 2.26. The lowest BCUT2D eigenvalue weighted by molar-refractivity contribution is 0.0596. The second-order valence-corrected chi connectivity index (χ2v) is 11.0. The van der Waals surface area contributed by atoms with Gasteiger partial charge in [-0.2, -0.15) is 0 Å². The van der Waals surface area contributed by atoms with Gasteiger partial charge in [0.25, 0.3) is 0 Å². The topological polar surface area (TPSA) is 65.1 Å². The summed E-state index contributed by atoms with van der Waals surface area (Å²) in [6.07, 6.45) is 6.35. The molecule has 0 aliphatic carbocycles. The molecular formula is C33H38F2N4O3. The molecule has 7 nitrogen and oxygen atoms in total. The maximum Gasteiger partial charge on any atom is 0.341 e. The number of nitrogens with one attached hydrogen (secondary N) is 1. The number of urea groups is 1. The van der Waals surface area contributed by atoms with Gasteiger partial charge in [0, 0.05) is 49.7 Å². The highest BCUT2D eigenvalue weighted by atomic mass is 19.1. The van der Waals surface area contributed by atoms with E-state index >= 15 is 0 Å². The minimum absolute atomic E-state index is 0.0354. The third kappa shape index (κ3) is 6.57. The lowest BCUT2D eigenvalue weighted by Gasteiger charge is -2.41. The molecule has 2 fully saturated rings. The van der Waals surface area contributed by atoms with Crippen molar-refractivity contribution >= 4 is 23.4 Å². The Morgan fingerprint density at radius 3 is 2.31 bits per heavy atom. The number of likely N-dealkylation sites (tertiary alicyclic amines) is 1. The van der Waals surface area contributed by atoms with Gasteiger partial charge in [0.2, 0.25) is 0 Å². The summed E-state index contributed by atoms with van der Waals surface area (Å²) in [6, 6.07) is 16.7. The average molecular weight is 577 g/mol. The van der Waals surface area contributed by atoms with Crippen LogP contribution in [0.2, 0.25) is 0 Å². The third-order valence-corrected chi connectivity index (χ3v) is 8.48. The zero-order valence-corrected chi connectivity index (χ0v) is 24.2. The standard InChI is InChI=1S/C33H38F2N4O3/c1-37(25-11-13-26(14-12-25)39-19-15-27(16-20-39)38-17-4-3-5-18-38)33(41)36-22-24-10-9-23(21-30(24)35)28-7-6-8-29(34)31(28)32(40)42-2/h6-14,21,27H,3-5,15-20,22H2,1-2H3,(H,36,41). The molecule has 2 aliphatic heterocycles. The molecule has 0 atom stereocenters. The van der Waals surface area contributed by atoms with E-state index in [1.807, 2.05) is 24.3 Å². The molecule has 0 bridgehead atoms. The van der Waals surface area contributed by atoms with Crippen molar-refractivity contribution in [2.24, 2.45) is 0 Å².